The Kier molecular flexibility index (Phi) is 5.48. The van der Waals surface area contributed by atoms with Gasteiger partial charge in [0.1, 0.15) is 5.76 Å². The lowest BCUT2D eigenvalue weighted by Crippen LogP contribution is -2.20. The van der Waals surface area contributed by atoms with Gasteiger partial charge in [0, 0.05) is 31.7 Å². The van der Waals surface area contributed by atoms with Gasteiger partial charge in [-0.1, -0.05) is 25.8 Å². The van der Waals surface area contributed by atoms with Gasteiger partial charge in [-0.05, 0) is 30.2 Å². The van der Waals surface area contributed by atoms with Crippen molar-refractivity contribution in [2.45, 2.75) is 32.7 Å². The number of hydrogen-bond donors (Lipinski definition) is 0. The fourth-order valence-electron chi connectivity index (χ4n) is 2.01. The Morgan fingerprint density at radius 2 is 2.32 bits per heavy atom. The third kappa shape index (κ3) is 4.78. The van der Waals surface area contributed by atoms with E-state index in [2.05, 4.69) is 35.1 Å². The minimum atomic E-state index is 0.826. The molecule has 1 aliphatic rings. The van der Waals surface area contributed by atoms with Crippen LogP contribution in [0.3, 0.4) is 0 Å². The summed E-state index contributed by atoms with van der Waals surface area (Å²) in [6, 6.07) is 4.07. The first-order valence-electron chi connectivity index (χ1n) is 7.02. The highest BCUT2D eigenvalue weighted by molar-refractivity contribution is 5.18. The average Bonchev–Trinajstić information content (AvgIpc) is 2.46. The van der Waals surface area contributed by atoms with Gasteiger partial charge in [-0.25, -0.2) is 0 Å². The highest BCUT2D eigenvalue weighted by atomic mass is 16.5. The van der Waals surface area contributed by atoms with E-state index in [0.29, 0.717) is 0 Å². The van der Waals surface area contributed by atoms with Gasteiger partial charge in [0.05, 0.1) is 6.61 Å². The molecule has 0 atom stereocenters. The molecule has 0 amide bonds. The van der Waals surface area contributed by atoms with Crippen molar-refractivity contribution < 1.29 is 4.74 Å². The molecule has 3 heteroatoms. The van der Waals surface area contributed by atoms with Gasteiger partial charge >= 0.3 is 0 Å². The Hall–Kier alpha value is -1.77. The van der Waals surface area contributed by atoms with E-state index in [0.717, 1.165) is 31.9 Å². The van der Waals surface area contributed by atoms with Crippen LogP contribution in [-0.2, 0) is 11.3 Å². The number of unbranched alkanes of at least 4 members (excludes halogenated alkanes) is 2. The van der Waals surface area contributed by atoms with E-state index in [9.17, 15) is 0 Å². The Balaban J connectivity index is 1.73. The fourth-order valence-corrected chi connectivity index (χ4v) is 2.01. The van der Waals surface area contributed by atoms with E-state index < -0.39 is 0 Å². The maximum Gasteiger partial charge on any atom is 0.118 e. The quantitative estimate of drug-likeness (QED) is 0.700. The van der Waals surface area contributed by atoms with Crippen LogP contribution >= 0.6 is 0 Å². The molecule has 0 unspecified atom stereocenters. The lowest BCUT2D eigenvalue weighted by atomic mass is 10.2. The molecule has 19 heavy (non-hydrogen) atoms. The third-order valence-electron chi connectivity index (χ3n) is 3.10. The highest BCUT2D eigenvalue weighted by Crippen LogP contribution is 2.12. The number of rotatable bonds is 7. The molecule has 0 radical (unpaired) electrons. The van der Waals surface area contributed by atoms with Gasteiger partial charge in [-0.2, -0.15) is 0 Å². The van der Waals surface area contributed by atoms with E-state index in [4.69, 9.17) is 4.74 Å². The maximum absolute atomic E-state index is 5.72. The minimum absolute atomic E-state index is 0.826. The number of aromatic nitrogens is 1. The average molecular weight is 258 g/mol. The molecule has 0 N–H and O–H groups in total. The summed E-state index contributed by atoms with van der Waals surface area (Å²) in [6.07, 6.45) is 13.6. The van der Waals surface area contributed by atoms with E-state index >= 15 is 0 Å². The fraction of sp³-hybridized carbons (Fsp3) is 0.438. The molecule has 3 nitrogen and oxygen atoms in total. The summed E-state index contributed by atoms with van der Waals surface area (Å²) in [4.78, 5) is 6.38. The van der Waals surface area contributed by atoms with Gasteiger partial charge in [0.15, 0.2) is 0 Å². The second-order valence-electron chi connectivity index (χ2n) is 4.77. The van der Waals surface area contributed by atoms with Crippen LogP contribution in [0.5, 0.6) is 0 Å². The van der Waals surface area contributed by atoms with Crippen LogP contribution in [0.15, 0.2) is 48.6 Å². The lowest BCUT2D eigenvalue weighted by molar-refractivity contribution is 0.211. The largest absolute Gasteiger partial charge is 0.494 e. The van der Waals surface area contributed by atoms with Crippen LogP contribution in [0.25, 0.3) is 0 Å². The normalized spacial score (nSPS) is 14.4. The molecule has 0 fully saturated rings. The molecule has 2 rings (SSSR count). The van der Waals surface area contributed by atoms with Crippen molar-refractivity contribution in [3.8, 4) is 0 Å². The summed E-state index contributed by atoms with van der Waals surface area (Å²) in [5.74, 6) is 0.999. The molecule has 0 saturated heterocycles. The summed E-state index contributed by atoms with van der Waals surface area (Å²) in [7, 11) is 0. The SMILES string of the molecule is CCCCCOC1=CCN(Cc2cccnc2)C=C1. The van der Waals surface area contributed by atoms with Crippen molar-refractivity contribution >= 4 is 0 Å². The molecular weight excluding hydrogens is 236 g/mol. The molecule has 0 aliphatic carbocycles. The predicted octanol–water partition coefficient (Wildman–Crippen LogP) is 3.50. The summed E-state index contributed by atoms with van der Waals surface area (Å²) < 4.78 is 5.72. The highest BCUT2D eigenvalue weighted by Gasteiger charge is 2.06. The van der Waals surface area contributed by atoms with Crippen molar-refractivity contribution in [2.75, 3.05) is 13.2 Å². The van der Waals surface area contributed by atoms with Crippen LogP contribution in [0.1, 0.15) is 31.7 Å². The maximum atomic E-state index is 5.72. The van der Waals surface area contributed by atoms with Crippen LogP contribution in [0.4, 0.5) is 0 Å². The van der Waals surface area contributed by atoms with Crippen molar-refractivity contribution in [3.63, 3.8) is 0 Å². The molecule has 0 saturated carbocycles. The van der Waals surface area contributed by atoms with Crippen molar-refractivity contribution in [1.29, 1.82) is 0 Å². The lowest BCUT2D eigenvalue weighted by Gasteiger charge is -2.22. The molecule has 1 aliphatic heterocycles. The molecule has 1 aromatic rings. The second kappa shape index (κ2) is 7.62. The summed E-state index contributed by atoms with van der Waals surface area (Å²) in [5.41, 5.74) is 1.23. The van der Waals surface area contributed by atoms with Gasteiger partial charge in [0.2, 0.25) is 0 Å². The first-order valence-corrected chi connectivity index (χ1v) is 7.02. The number of pyridine rings is 1. The number of nitrogens with zero attached hydrogens (tertiary/aromatic N) is 2. The molecule has 2 heterocycles. The third-order valence-corrected chi connectivity index (χ3v) is 3.10. The van der Waals surface area contributed by atoms with Crippen LogP contribution in [-0.4, -0.2) is 23.0 Å². The van der Waals surface area contributed by atoms with E-state index in [1.165, 1.54) is 18.4 Å². The second-order valence-corrected chi connectivity index (χ2v) is 4.77. The monoisotopic (exact) mass is 258 g/mol. The summed E-state index contributed by atoms with van der Waals surface area (Å²) in [6.45, 7) is 4.82. The van der Waals surface area contributed by atoms with Gasteiger partial charge in [-0.15, -0.1) is 0 Å². The zero-order chi connectivity index (χ0) is 13.3. The summed E-state index contributed by atoms with van der Waals surface area (Å²) >= 11 is 0. The first-order chi connectivity index (χ1) is 9.38. The molecular formula is C16H22N2O. The van der Waals surface area contributed by atoms with Crippen molar-refractivity contribution in [2.24, 2.45) is 0 Å². The molecule has 1 aromatic heterocycles. The van der Waals surface area contributed by atoms with Gasteiger partial charge in [0.25, 0.3) is 0 Å². The van der Waals surface area contributed by atoms with E-state index in [-0.39, 0.29) is 0 Å². The Morgan fingerprint density at radius 3 is 3.00 bits per heavy atom. The molecule has 102 valence electrons. The van der Waals surface area contributed by atoms with Gasteiger partial charge < -0.3 is 9.64 Å². The molecule has 0 aromatic carbocycles. The van der Waals surface area contributed by atoms with Crippen molar-refractivity contribution in [1.82, 2.24) is 9.88 Å². The molecule has 0 bridgehead atoms. The van der Waals surface area contributed by atoms with E-state index in [1.54, 1.807) is 6.20 Å². The predicted molar refractivity (Wildman–Crippen MR) is 77.3 cm³/mol. The zero-order valence-corrected chi connectivity index (χ0v) is 11.6. The van der Waals surface area contributed by atoms with Crippen molar-refractivity contribution in [3.05, 3.63) is 54.2 Å². The summed E-state index contributed by atoms with van der Waals surface area (Å²) in [5, 5.41) is 0. The minimum Gasteiger partial charge on any atom is -0.494 e. The van der Waals surface area contributed by atoms with Crippen LogP contribution < -0.4 is 0 Å². The number of hydrogen-bond acceptors (Lipinski definition) is 3. The van der Waals surface area contributed by atoms with E-state index in [1.807, 2.05) is 18.3 Å². The van der Waals surface area contributed by atoms with Crippen LogP contribution in [0, 0.1) is 0 Å². The first kappa shape index (κ1) is 13.7. The van der Waals surface area contributed by atoms with Crippen LogP contribution in [0.2, 0.25) is 0 Å². The Morgan fingerprint density at radius 1 is 1.37 bits per heavy atom. The topological polar surface area (TPSA) is 25.4 Å². The van der Waals surface area contributed by atoms with Gasteiger partial charge in [-0.3, -0.25) is 4.98 Å². The number of ether oxygens (including phenoxy) is 1. The Labute approximate surface area is 115 Å². The Bertz CT molecular complexity index is 426. The smallest absolute Gasteiger partial charge is 0.118 e. The number of allylic oxidation sites excluding steroid dienone is 1. The molecule has 0 spiro atoms. The standard InChI is InChI=1S/C16H22N2O/c1-2-3-4-12-19-16-7-10-18(11-8-16)14-15-6-5-9-17-13-15/h5-10,13H,2-4,11-12,14H2,1H3. The zero-order valence-electron chi connectivity index (χ0n) is 11.6.